The first-order valence-electron chi connectivity index (χ1n) is 4.49. The van der Waals surface area contributed by atoms with Crippen LogP contribution in [0.3, 0.4) is 0 Å². The summed E-state index contributed by atoms with van der Waals surface area (Å²) in [6, 6.07) is 4.49. The number of nitrogen functional groups attached to an aromatic ring is 1. The molecule has 2 rings (SSSR count). The molecular formula is C10H13FN2. The Labute approximate surface area is 76.7 Å². The number of benzene rings is 1. The Balaban J connectivity index is 2.36. The van der Waals surface area contributed by atoms with Crippen molar-refractivity contribution < 1.29 is 4.39 Å². The Bertz CT molecular complexity index is 300. The van der Waals surface area contributed by atoms with Gasteiger partial charge in [0.25, 0.3) is 0 Å². The minimum atomic E-state index is -0.278. The lowest BCUT2D eigenvalue weighted by molar-refractivity contribution is 0.556. The molecule has 0 bridgehead atoms. The molecule has 0 aliphatic heterocycles. The quantitative estimate of drug-likeness (QED) is 0.682. The molecule has 70 valence electrons. The van der Waals surface area contributed by atoms with Gasteiger partial charge in [0, 0.05) is 17.3 Å². The zero-order chi connectivity index (χ0) is 9.42. The molecule has 1 aromatic carbocycles. The van der Waals surface area contributed by atoms with Crippen molar-refractivity contribution in [2.75, 3.05) is 5.73 Å². The predicted molar refractivity (Wildman–Crippen MR) is 50.5 cm³/mol. The monoisotopic (exact) mass is 180 g/mol. The van der Waals surface area contributed by atoms with Gasteiger partial charge in [0.1, 0.15) is 5.82 Å². The molecule has 2 nitrogen and oxygen atoms in total. The Kier molecular flexibility index (Phi) is 1.96. The normalized spacial score (nSPS) is 18.6. The van der Waals surface area contributed by atoms with E-state index in [-0.39, 0.29) is 11.9 Å². The van der Waals surface area contributed by atoms with Crippen LogP contribution >= 0.6 is 0 Å². The third-order valence-corrected chi connectivity index (χ3v) is 2.55. The van der Waals surface area contributed by atoms with Gasteiger partial charge in [0.15, 0.2) is 0 Å². The summed E-state index contributed by atoms with van der Waals surface area (Å²) in [6.45, 7) is 0. The van der Waals surface area contributed by atoms with E-state index in [1.807, 2.05) is 0 Å². The van der Waals surface area contributed by atoms with Crippen molar-refractivity contribution in [3.8, 4) is 0 Å². The lowest BCUT2D eigenvalue weighted by Gasteiger charge is -2.13. The highest BCUT2D eigenvalue weighted by molar-refractivity contribution is 5.49. The largest absolute Gasteiger partial charge is 0.398 e. The fourth-order valence-corrected chi connectivity index (χ4v) is 1.60. The van der Waals surface area contributed by atoms with Crippen LogP contribution in [0.4, 0.5) is 10.1 Å². The van der Waals surface area contributed by atoms with Crippen LogP contribution < -0.4 is 11.5 Å². The van der Waals surface area contributed by atoms with Gasteiger partial charge in [0.2, 0.25) is 0 Å². The first kappa shape index (κ1) is 8.51. The number of nitrogens with two attached hydrogens (primary N) is 2. The van der Waals surface area contributed by atoms with Crippen molar-refractivity contribution >= 4 is 5.69 Å². The molecule has 0 unspecified atom stereocenters. The molecule has 1 fully saturated rings. The lowest BCUT2D eigenvalue weighted by atomic mass is 10.0. The summed E-state index contributed by atoms with van der Waals surface area (Å²) in [4.78, 5) is 0. The van der Waals surface area contributed by atoms with E-state index < -0.39 is 0 Å². The first-order valence-corrected chi connectivity index (χ1v) is 4.49. The van der Waals surface area contributed by atoms with Crippen molar-refractivity contribution in [1.82, 2.24) is 0 Å². The zero-order valence-electron chi connectivity index (χ0n) is 7.33. The number of hydrogen-bond acceptors (Lipinski definition) is 2. The summed E-state index contributed by atoms with van der Waals surface area (Å²) in [6.07, 6.45) is 2.18. The Hall–Kier alpha value is -1.09. The van der Waals surface area contributed by atoms with E-state index >= 15 is 0 Å². The molecule has 0 spiro atoms. The average Bonchev–Trinajstić information content (AvgIpc) is 2.85. The summed E-state index contributed by atoms with van der Waals surface area (Å²) in [5.74, 6) is 0.151. The lowest BCUT2D eigenvalue weighted by Crippen LogP contribution is -2.16. The maximum atomic E-state index is 13.3. The number of rotatable bonds is 2. The van der Waals surface area contributed by atoms with E-state index in [2.05, 4.69) is 0 Å². The highest BCUT2D eigenvalue weighted by Gasteiger charge is 2.32. The van der Waals surface area contributed by atoms with Crippen molar-refractivity contribution in [1.29, 1.82) is 0 Å². The third-order valence-electron chi connectivity index (χ3n) is 2.55. The van der Waals surface area contributed by atoms with Crippen LogP contribution in [0.1, 0.15) is 24.4 Å². The molecule has 1 atom stereocenters. The summed E-state index contributed by atoms with van der Waals surface area (Å²) in [7, 11) is 0. The molecule has 1 saturated carbocycles. The van der Waals surface area contributed by atoms with Crippen LogP contribution in [0.15, 0.2) is 18.2 Å². The highest BCUT2D eigenvalue weighted by atomic mass is 19.1. The topological polar surface area (TPSA) is 52.0 Å². The second-order valence-corrected chi connectivity index (χ2v) is 3.61. The van der Waals surface area contributed by atoms with Gasteiger partial charge in [-0.15, -0.1) is 0 Å². The second kappa shape index (κ2) is 3.00. The van der Waals surface area contributed by atoms with Crippen LogP contribution in [0.5, 0.6) is 0 Å². The highest BCUT2D eigenvalue weighted by Crippen LogP contribution is 2.41. The molecule has 3 heteroatoms. The van der Waals surface area contributed by atoms with E-state index in [1.165, 1.54) is 6.07 Å². The fraction of sp³-hybridized carbons (Fsp3) is 0.400. The third kappa shape index (κ3) is 1.52. The van der Waals surface area contributed by atoms with Gasteiger partial charge in [-0.1, -0.05) is 6.07 Å². The predicted octanol–water partition coefficient (Wildman–Crippen LogP) is 1.82. The molecule has 0 aromatic heterocycles. The number of hydrogen-bond donors (Lipinski definition) is 2. The van der Waals surface area contributed by atoms with Crippen LogP contribution in [-0.4, -0.2) is 0 Å². The molecule has 1 aliphatic carbocycles. The number of anilines is 1. The first-order chi connectivity index (χ1) is 6.20. The molecule has 0 amide bonds. The molecule has 0 radical (unpaired) electrons. The van der Waals surface area contributed by atoms with Crippen LogP contribution in [0, 0.1) is 11.7 Å². The molecular weight excluding hydrogens is 167 g/mol. The second-order valence-electron chi connectivity index (χ2n) is 3.61. The molecule has 0 saturated heterocycles. The average molecular weight is 180 g/mol. The minimum absolute atomic E-state index is 0.221. The van der Waals surface area contributed by atoms with Crippen molar-refractivity contribution in [3.05, 3.63) is 29.6 Å². The molecule has 4 N–H and O–H groups in total. The van der Waals surface area contributed by atoms with Gasteiger partial charge < -0.3 is 11.5 Å². The van der Waals surface area contributed by atoms with Gasteiger partial charge in [0.05, 0.1) is 0 Å². The van der Waals surface area contributed by atoms with E-state index in [0.29, 0.717) is 17.2 Å². The van der Waals surface area contributed by atoms with Crippen LogP contribution in [0.25, 0.3) is 0 Å². The fourth-order valence-electron chi connectivity index (χ4n) is 1.60. The number of halogens is 1. The smallest absolute Gasteiger partial charge is 0.130 e. The van der Waals surface area contributed by atoms with Crippen molar-refractivity contribution in [2.45, 2.75) is 18.9 Å². The Morgan fingerprint density at radius 3 is 2.62 bits per heavy atom. The van der Waals surface area contributed by atoms with Crippen molar-refractivity contribution in [2.24, 2.45) is 11.7 Å². The summed E-state index contributed by atoms with van der Waals surface area (Å²) in [5.41, 5.74) is 12.5. The van der Waals surface area contributed by atoms with E-state index in [0.717, 1.165) is 12.8 Å². The van der Waals surface area contributed by atoms with Gasteiger partial charge in [-0.3, -0.25) is 0 Å². The molecule has 1 aliphatic rings. The molecule has 0 heterocycles. The van der Waals surface area contributed by atoms with E-state index in [4.69, 9.17) is 11.5 Å². The standard InChI is InChI=1S/C10H13FN2/c11-7-2-1-3-8(12)9(7)10(13)6-4-5-6/h1-3,6,10H,4-5,12-13H2/t10-/m0/s1. The van der Waals surface area contributed by atoms with Gasteiger partial charge in [-0.05, 0) is 30.9 Å². The van der Waals surface area contributed by atoms with Crippen LogP contribution in [0.2, 0.25) is 0 Å². The maximum Gasteiger partial charge on any atom is 0.130 e. The van der Waals surface area contributed by atoms with Gasteiger partial charge >= 0.3 is 0 Å². The van der Waals surface area contributed by atoms with Crippen molar-refractivity contribution in [3.63, 3.8) is 0 Å². The molecule has 13 heavy (non-hydrogen) atoms. The SMILES string of the molecule is Nc1cccc(F)c1[C@@H](N)C1CC1. The summed E-state index contributed by atoms with van der Waals surface area (Å²) < 4.78 is 13.3. The van der Waals surface area contributed by atoms with Gasteiger partial charge in [-0.2, -0.15) is 0 Å². The maximum absolute atomic E-state index is 13.3. The Morgan fingerprint density at radius 2 is 2.08 bits per heavy atom. The zero-order valence-corrected chi connectivity index (χ0v) is 7.33. The van der Waals surface area contributed by atoms with E-state index in [9.17, 15) is 4.39 Å². The summed E-state index contributed by atoms with van der Waals surface area (Å²) >= 11 is 0. The van der Waals surface area contributed by atoms with Gasteiger partial charge in [-0.25, -0.2) is 4.39 Å². The van der Waals surface area contributed by atoms with Crippen LogP contribution in [-0.2, 0) is 0 Å². The minimum Gasteiger partial charge on any atom is -0.398 e. The Morgan fingerprint density at radius 1 is 1.38 bits per heavy atom. The van der Waals surface area contributed by atoms with E-state index in [1.54, 1.807) is 12.1 Å². The molecule has 1 aromatic rings. The summed E-state index contributed by atoms with van der Waals surface area (Å²) in [5, 5.41) is 0.